The summed E-state index contributed by atoms with van der Waals surface area (Å²) in [6.45, 7) is 5.53. The second-order valence-corrected chi connectivity index (χ2v) is 8.68. The highest BCUT2D eigenvalue weighted by atomic mass is 32.1. The van der Waals surface area contributed by atoms with Crippen LogP contribution in [0.4, 0.5) is 5.69 Å². The Morgan fingerprint density at radius 1 is 1.27 bits per heavy atom. The summed E-state index contributed by atoms with van der Waals surface area (Å²) >= 11 is 1.51. The summed E-state index contributed by atoms with van der Waals surface area (Å²) in [5.74, 6) is -2.26. The zero-order valence-electron chi connectivity index (χ0n) is 17.3. The third kappa shape index (κ3) is 2.94. The molecule has 1 aromatic heterocycles. The van der Waals surface area contributed by atoms with Gasteiger partial charge in [0.1, 0.15) is 11.3 Å². The van der Waals surface area contributed by atoms with Crippen molar-refractivity contribution in [3.05, 3.63) is 46.2 Å². The van der Waals surface area contributed by atoms with Crippen LogP contribution in [0, 0.1) is 18.8 Å². The fourth-order valence-electron chi connectivity index (χ4n) is 4.54. The molecule has 1 aromatic carbocycles. The summed E-state index contributed by atoms with van der Waals surface area (Å²) in [4.78, 5) is 42.2. The Morgan fingerprint density at radius 2 is 2.03 bits per heavy atom. The van der Waals surface area contributed by atoms with Gasteiger partial charge < -0.3 is 9.47 Å². The van der Waals surface area contributed by atoms with E-state index in [4.69, 9.17) is 9.47 Å². The monoisotopic (exact) mass is 428 g/mol. The average Bonchev–Trinajstić information content (AvgIpc) is 3.36. The van der Waals surface area contributed by atoms with Crippen LogP contribution in [0.15, 0.2) is 35.7 Å². The zero-order valence-corrected chi connectivity index (χ0v) is 18.1. The minimum atomic E-state index is -1.30. The molecule has 0 saturated carbocycles. The van der Waals surface area contributed by atoms with Crippen LogP contribution in [0.2, 0.25) is 0 Å². The van der Waals surface area contributed by atoms with E-state index in [-0.39, 0.29) is 12.5 Å². The number of nitrogens with zero attached hydrogens (tertiary/aromatic N) is 1. The van der Waals surface area contributed by atoms with E-state index in [1.165, 1.54) is 23.3 Å². The first kappa shape index (κ1) is 20.6. The van der Waals surface area contributed by atoms with Gasteiger partial charge in [-0.2, -0.15) is 0 Å². The molecule has 2 aliphatic rings. The molecule has 30 heavy (non-hydrogen) atoms. The van der Waals surface area contributed by atoms with E-state index in [9.17, 15) is 14.4 Å². The van der Waals surface area contributed by atoms with Gasteiger partial charge >= 0.3 is 5.97 Å². The first-order chi connectivity index (χ1) is 14.3. The van der Waals surface area contributed by atoms with Crippen LogP contribution >= 0.6 is 11.3 Å². The molecular formula is C22H24N2O5S. The number of amides is 2. The number of carbonyl (C=O) groups is 3. The molecule has 7 nitrogen and oxygen atoms in total. The van der Waals surface area contributed by atoms with E-state index < -0.39 is 35.3 Å². The van der Waals surface area contributed by atoms with Gasteiger partial charge in [-0.25, -0.2) is 4.90 Å². The van der Waals surface area contributed by atoms with Gasteiger partial charge in [-0.05, 0) is 49.9 Å². The molecule has 0 bridgehead atoms. The zero-order chi connectivity index (χ0) is 21.6. The number of nitrogens with one attached hydrogen (secondary N) is 1. The number of hydrogen-bond acceptors (Lipinski definition) is 7. The van der Waals surface area contributed by atoms with E-state index >= 15 is 0 Å². The van der Waals surface area contributed by atoms with Crippen molar-refractivity contribution in [1.82, 2.24) is 5.32 Å². The molecule has 8 heteroatoms. The number of rotatable bonds is 5. The van der Waals surface area contributed by atoms with Crippen molar-refractivity contribution >= 4 is 34.8 Å². The molecule has 2 fully saturated rings. The quantitative estimate of drug-likeness (QED) is 0.582. The molecule has 3 heterocycles. The Labute approximate surface area is 179 Å². The number of thiophene rings is 1. The van der Waals surface area contributed by atoms with Crippen LogP contribution in [0.25, 0.3) is 0 Å². The van der Waals surface area contributed by atoms with Crippen molar-refractivity contribution < 1.29 is 23.9 Å². The lowest BCUT2D eigenvalue weighted by atomic mass is 9.81. The van der Waals surface area contributed by atoms with E-state index in [1.54, 1.807) is 38.1 Å². The molecule has 4 atom stereocenters. The summed E-state index contributed by atoms with van der Waals surface area (Å²) < 4.78 is 10.5. The van der Waals surface area contributed by atoms with Gasteiger partial charge in [0.05, 0.1) is 37.3 Å². The lowest BCUT2D eigenvalue weighted by molar-refractivity contribution is -0.153. The molecule has 158 valence electrons. The van der Waals surface area contributed by atoms with Crippen LogP contribution < -0.4 is 15.0 Å². The number of imide groups is 1. The molecule has 2 aromatic rings. The Balaban J connectivity index is 1.82. The van der Waals surface area contributed by atoms with Crippen molar-refractivity contribution in [2.75, 3.05) is 18.6 Å². The normalized spacial score (nSPS) is 28.0. The third-order valence-corrected chi connectivity index (χ3v) is 7.08. The maximum Gasteiger partial charge on any atom is 0.326 e. The molecule has 0 radical (unpaired) electrons. The van der Waals surface area contributed by atoms with Crippen molar-refractivity contribution in [3.63, 3.8) is 0 Å². The van der Waals surface area contributed by atoms with Gasteiger partial charge in [0.15, 0.2) is 0 Å². The first-order valence-electron chi connectivity index (χ1n) is 9.84. The van der Waals surface area contributed by atoms with E-state index in [0.717, 1.165) is 10.4 Å². The maximum atomic E-state index is 13.6. The lowest BCUT2D eigenvalue weighted by Crippen LogP contribution is -2.54. The molecule has 2 amide bonds. The number of methoxy groups -OCH3 is 1. The van der Waals surface area contributed by atoms with E-state index in [1.807, 2.05) is 18.4 Å². The van der Waals surface area contributed by atoms with E-state index in [0.29, 0.717) is 11.4 Å². The summed E-state index contributed by atoms with van der Waals surface area (Å²) in [5.41, 5.74) is 0.151. The molecule has 4 rings (SSSR count). The number of esters is 1. The van der Waals surface area contributed by atoms with Gasteiger partial charge in [0.25, 0.3) is 0 Å². The van der Waals surface area contributed by atoms with Crippen LogP contribution in [0.3, 0.4) is 0 Å². The molecule has 2 aliphatic heterocycles. The molecule has 0 unspecified atom stereocenters. The fraction of sp³-hybridized carbons (Fsp3) is 0.409. The van der Waals surface area contributed by atoms with Crippen molar-refractivity contribution in [2.24, 2.45) is 11.8 Å². The summed E-state index contributed by atoms with van der Waals surface area (Å²) in [7, 11) is 1.53. The Hall–Kier alpha value is -2.71. The molecule has 2 saturated heterocycles. The molecule has 1 N–H and O–H groups in total. The molecule has 0 aliphatic carbocycles. The van der Waals surface area contributed by atoms with Crippen molar-refractivity contribution in [1.29, 1.82) is 0 Å². The second kappa shape index (κ2) is 7.52. The SMILES string of the molecule is CCOC(=O)[C@@]1(C)N[C@@H](c2sccc2C)[C@H]2C(=O)N(c3cccc(OC)c3)C(=O)[C@H]21. The van der Waals surface area contributed by atoms with Crippen molar-refractivity contribution in [3.8, 4) is 5.75 Å². The van der Waals surface area contributed by atoms with Crippen LogP contribution in [-0.2, 0) is 19.1 Å². The van der Waals surface area contributed by atoms with Gasteiger partial charge in [0, 0.05) is 10.9 Å². The highest BCUT2D eigenvalue weighted by Gasteiger charge is 2.67. The minimum Gasteiger partial charge on any atom is -0.497 e. The summed E-state index contributed by atoms with van der Waals surface area (Å²) in [6.07, 6.45) is 0. The average molecular weight is 429 g/mol. The number of anilines is 1. The fourth-order valence-corrected chi connectivity index (χ4v) is 5.56. The second-order valence-electron chi connectivity index (χ2n) is 7.73. The number of fused-ring (bicyclic) bond motifs is 1. The Bertz CT molecular complexity index is 1020. The van der Waals surface area contributed by atoms with Gasteiger partial charge in [0.2, 0.25) is 11.8 Å². The van der Waals surface area contributed by atoms with Crippen LogP contribution in [0.1, 0.15) is 30.3 Å². The van der Waals surface area contributed by atoms with Gasteiger partial charge in [-0.15, -0.1) is 11.3 Å². The maximum absolute atomic E-state index is 13.6. The first-order valence-corrected chi connectivity index (χ1v) is 10.7. The number of ether oxygens (including phenoxy) is 2. The van der Waals surface area contributed by atoms with Gasteiger partial charge in [-0.1, -0.05) is 6.07 Å². The number of hydrogen-bond donors (Lipinski definition) is 1. The molecular weight excluding hydrogens is 404 g/mol. The predicted octanol–water partition coefficient (Wildman–Crippen LogP) is 2.84. The Morgan fingerprint density at radius 3 is 2.67 bits per heavy atom. The largest absolute Gasteiger partial charge is 0.497 e. The standard InChI is InChI=1S/C22H24N2O5S/c1-5-29-21(27)22(3)16-15(17(23-22)18-12(2)9-10-30-18)19(25)24(20(16)26)13-7-6-8-14(11-13)28-4/h6-11,15-17,23H,5H2,1-4H3/t15-,16-,17+,22-/m0/s1. The number of carbonyl (C=O) groups excluding carboxylic acids is 3. The molecule has 0 spiro atoms. The van der Waals surface area contributed by atoms with Gasteiger partial charge in [-0.3, -0.25) is 19.7 Å². The highest BCUT2D eigenvalue weighted by molar-refractivity contribution is 7.10. The highest BCUT2D eigenvalue weighted by Crippen LogP contribution is 2.51. The minimum absolute atomic E-state index is 0.192. The van der Waals surface area contributed by atoms with E-state index in [2.05, 4.69) is 5.32 Å². The predicted molar refractivity (Wildman–Crippen MR) is 112 cm³/mol. The smallest absolute Gasteiger partial charge is 0.326 e. The number of aryl methyl sites for hydroxylation is 1. The van der Waals surface area contributed by atoms with Crippen LogP contribution in [-0.4, -0.2) is 37.0 Å². The summed E-state index contributed by atoms with van der Waals surface area (Å²) in [6, 6.07) is 8.34. The third-order valence-electron chi connectivity index (χ3n) is 5.98. The summed E-state index contributed by atoms with van der Waals surface area (Å²) in [5, 5.41) is 5.24. The lowest BCUT2D eigenvalue weighted by Gasteiger charge is -2.29. The Kier molecular flexibility index (Phi) is 5.15. The number of benzene rings is 1. The topological polar surface area (TPSA) is 84.9 Å². The van der Waals surface area contributed by atoms with Crippen LogP contribution in [0.5, 0.6) is 5.75 Å². The van der Waals surface area contributed by atoms with Crippen molar-refractivity contribution in [2.45, 2.75) is 32.4 Å².